The molecule has 1 aromatic carbocycles. The van der Waals surface area contributed by atoms with Crippen molar-refractivity contribution in [1.29, 1.82) is 0 Å². The van der Waals surface area contributed by atoms with Gasteiger partial charge in [0.2, 0.25) is 0 Å². The van der Waals surface area contributed by atoms with Gasteiger partial charge in [0, 0.05) is 12.0 Å². The molecule has 0 radical (unpaired) electrons. The summed E-state index contributed by atoms with van der Waals surface area (Å²) in [4.78, 5) is 23.7. The number of rotatable bonds is 2. The summed E-state index contributed by atoms with van der Waals surface area (Å²) in [5, 5.41) is 0. The molecular formula is C13H14O2. The highest BCUT2D eigenvalue weighted by Gasteiger charge is 2.40. The van der Waals surface area contributed by atoms with Gasteiger partial charge in [-0.05, 0) is 11.5 Å². The summed E-state index contributed by atoms with van der Waals surface area (Å²) in [5.74, 6) is -0.331. The fourth-order valence-corrected chi connectivity index (χ4v) is 2.34. The van der Waals surface area contributed by atoms with Gasteiger partial charge in [-0.25, -0.2) is 0 Å². The van der Waals surface area contributed by atoms with Crippen molar-refractivity contribution in [3.05, 3.63) is 35.4 Å². The second-order valence-corrected chi connectivity index (χ2v) is 4.04. The van der Waals surface area contributed by atoms with Crippen LogP contribution in [-0.2, 0) is 4.79 Å². The van der Waals surface area contributed by atoms with E-state index in [9.17, 15) is 9.59 Å². The van der Waals surface area contributed by atoms with E-state index >= 15 is 0 Å². The number of ketones is 2. The zero-order chi connectivity index (χ0) is 11.0. The van der Waals surface area contributed by atoms with Gasteiger partial charge in [-0.2, -0.15) is 0 Å². The van der Waals surface area contributed by atoms with Crippen LogP contribution < -0.4 is 0 Å². The third kappa shape index (κ3) is 1.41. The monoisotopic (exact) mass is 202 g/mol. The first-order chi connectivity index (χ1) is 7.16. The van der Waals surface area contributed by atoms with Crippen LogP contribution in [0.2, 0.25) is 0 Å². The number of benzene rings is 1. The van der Waals surface area contributed by atoms with E-state index in [1.807, 2.05) is 38.1 Å². The molecule has 0 aromatic heterocycles. The molecule has 1 aromatic rings. The molecular weight excluding hydrogens is 188 g/mol. The standard InChI is InChI=1S/C13H14O2/c1-3-11(14)12-8(2)9-6-4-5-7-10(9)13(12)15/h4-8,12H,3H2,1-2H3. The minimum atomic E-state index is -0.438. The van der Waals surface area contributed by atoms with Gasteiger partial charge in [-0.15, -0.1) is 0 Å². The summed E-state index contributed by atoms with van der Waals surface area (Å²) in [6.45, 7) is 3.77. The van der Waals surface area contributed by atoms with Gasteiger partial charge >= 0.3 is 0 Å². The van der Waals surface area contributed by atoms with E-state index in [-0.39, 0.29) is 17.5 Å². The third-order valence-corrected chi connectivity index (χ3v) is 3.19. The lowest BCUT2D eigenvalue weighted by Crippen LogP contribution is -2.22. The summed E-state index contributed by atoms with van der Waals surface area (Å²) < 4.78 is 0. The van der Waals surface area contributed by atoms with Crippen LogP contribution in [0.25, 0.3) is 0 Å². The van der Waals surface area contributed by atoms with E-state index < -0.39 is 5.92 Å². The Morgan fingerprint density at radius 2 is 2.00 bits per heavy atom. The average Bonchev–Trinajstić information content (AvgIpc) is 2.52. The highest BCUT2D eigenvalue weighted by molar-refractivity contribution is 6.14. The summed E-state index contributed by atoms with van der Waals surface area (Å²) >= 11 is 0. The molecule has 0 spiro atoms. The molecule has 0 amide bonds. The largest absolute Gasteiger partial charge is 0.299 e. The lowest BCUT2D eigenvalue weighted by Gasteiger charge is -2.11. The van der Waals surface area contributed by atoms with E-state index in [1.165, 1.54) is 0 Å². The molecule has 0 heterocycles. The molecule has 1 aliphatic rings. The Morgan fingerprint density at radius 1 is 1.33 bits per heavy atom. The molecule has 2 unspecified atom stereocenters. The first-order valence-electron chi connectivity index (χ1n) is 5.32. The van der Waals surface area contributed by atoms with Crippen LogP contribution in [0.3, 0.4) is 0 Å². The molecule has 15 heavy (non-hydrogen) atoms. The Kier molecular flexibility index (Phi) is 2.43. The van der Waals surface area contributed by atoms with Crippen molar-refractivity contribution in [3.63, 3.8) is 0 Å². The van der Waals surface area contributed by atoms with Crippen molar-refractivity contribution >= 4 is 11.6 Å². The molecule has 1 aliphatic carbocycles. The first-order valence-corrected chi connectivity index (χ1v) is 5.32. The molecule has 2 atom stereocenters. The number of Topliss-reactive ketones (excluding diaryl/α,β-unsaturated/α-hetero) is 2. The van der Waals surface area contributed by atoms with E-state index in [4.69, 9.17) is 0 Å². The van der Waals surface area contributed by atoms with Gasteiger partial charge < -0.3 is 0 Å². The second-order valence-electron chi connectivity index (χ2n) is 4.04. The number of hydrogen-bond acceptors (Lipinski definition) is 2. The minimum Gasteiger partial charge on any atom is -0.299 e. The third-order valence-electron chi connectivity index (χ3n) is 3.19. The highest BCUT2D eigenvalue weighted by Crippen LogP contribution is 2.38. The average molecular weight is 202 g/mol. The SMILES string of the molecule is CCC(=O)C1C(=O)c2ccccc2C1C. The Morgan fingerprint density at radius 3 is 2.60 bits per heavy atom. The molecule has 2 nitrogen and oxygen atoms in total. The number of fused-ring (bicyclic) bond motifs is 1. The van der Waals surface area contributed by atoms with Gasteiger partial charge in [-0.3, -0.25) is 9.59 Å². The normalized spacial score (nSPS) is 24.0. The van der Waals surface area contributed by atoms with Crippen molar-refractivity contribution < 1.29 is 9.59 Å². The van der Waals surface area contributed by atoms with E-state index in [2.05, 4.69) is 0 Å². The van der Waals surface area contributed by atoms with Crippen LogP contribution in [0, 0.1) is 5.92 Å². The predicted octanol–water partition coefficient (Wildman–Crippen LogP) is 2.58. The molecule has 0 N–H and O–H groups in total. The van der Waals surface area contributed by atoms with Crippen LogP contribution in [0.4, 0.5) is 0 Å². The number of carbonyl (C=O) groups excluding carboxylic acids is 2. The molecule has 2 heteroatoms. The summed E-state index contributed by atoms with van der Waals surface area (Å²) in [7, 11) is 0. The summed E-state index contributed by atoms with van der Waals surface area (Å²) in [6.07, 6.45) is 0.439. The Labute approximate surface area is 89.3 Å². The molecule has 0 saturated heterocycles. The van der Waals surface area contributed by atoms with Crippen LogP contribution >= 0.6 is 0 Å². The zero-order valence-corrected chi connectivity index (χ0v) is 8.99. The van der Waals surface area contributed by atoms with Gasteiger partial charge in [-0.1, -0.05) is 38.1 Å². The van der Waals surface area contributed by atoms with Gasteiger partial charge in [0.15, 0.2) is 5.78 Å². The maximum absolute atomic E-state index is 12.0. The molecule has 0 fully saturated rings. The van der Waals surface area contributed by atoms with Crippen molar-refractivity contribution in [3.8, 4) is 0 Å². The smallest absolute Gasteiger partial charge is 0.174 e. The van der Waals surface area contributed by atoms with Crippen molar-refractivity contribution in [2.24, 2.45) is 5.92 Å². The molecule has 78 valence electrons. The van der Waals surface area contributed by atoms with Crippen LogP contribution in [0.5, 0.6) is 0 Å². The second kappa shape index (κ2) is 3.61. The van der Waals surface area contributed by atoms with Crippen LogP contribution in [0.15, 0.2) is 24.3 Å². The fourth-order valence-electron chi connectivity index (χ4n) is 2.34. The summed E-state index contributed by atoms with van der Waals surface area (Å²) in [5.41, 5.74) is 1.76. The molecule has 0 bridgehead atoms. The van der Waals surface area contributed by atoms with Crippen LogP contribution in [0.1, 0.15) is 42.1 Å². The predicted molar refractivity (Wildman–Crippen MR) is 58.0 cm³/mol. The summed E-state index contributed by atoms with van der Waals surface area (Å²) in [6, 6.07) is 7.53. The lowest BCUT2D eigenvalue weighted by atomic mass is 9.89. The van der Waals surface area contributed by atoms with E-state index in [1.54, 1.807) is 0 Å². The van der Waals surface area contributed by atoms with Crippen molar-refractivity contribution in [1.82, 2.24) is 0 Å². The topological polar surface area (TPSA) is 34.1 Å². The van der Waals surface area contributed by atoms with E-state index in [0.717, 1.165) is 11.1 Å². The van der Waals surface area contributed by atoms with Crippen LogP contribution in [-0.4, -0.2) is 11.6 Å². The Bertz CT molecular complexity index is 420. The molecule has 0 aliphatic heterocycles. The van der Waals surface area contributed by atoms with E-state index in [0.29, 0.717) is 6.42 Å². The Hall–Kier alpha value is -1.44. The number of hydrogen-bond donors (Lipinski definition) is 0. The minimum absolute atomic E-state index is 0.00458. The zero-order valence-electron chi connectivity index (χ0n) is 8.99. The van der Waals surface area contributed by atoms with Crippen molar-refractivity contribution in [2.75, 3.05) is 0 Å². The molecule has 0 saturated carbocycles. The van der Waals surface area contributed by atoms with Gasteiger partial charge in [0.1, 0.15) is 5.78 Å². The molecule has 2 rings (SSSR count). The van der Waals surface area contributed by atoms with Crippen molar-refractivity contribution in [2.45, 2.75) is 26.2 Å². The highest BCUT2D eigenvalue weighted by atomic mass is 16.2. The Balaban J connectivity index is 2.45. The quantitative estimate of drug-likeness (QED) is 0.691. The van der Waals surface area contributed by atoms with Gasteiger partial charge in [0.05, 0.1) is 5.92 Å². The lowest BCUT2D eigenvalue weighted by molar-refractivity contribution is -0.121. The fraction of sp³-hybridized carbons (Fsp3) is 0.385. The first kappa shape index (κ1) is 10.1. The maximum atomic E-state index is 12.0. The maximum Gasteiger partial charge on any atom is 0.174 e. The number of carbonyl (C=O) groups is 2. The van der Waals surface area contributed by atoms with Gasteiger partial charge in [0.25, 0.3) is 0 Å².